The molecule has 0 aliphatic carbocycles. The number of hydrogen-bond donors (Lipinski definition) is 1. The Morgan fingerprint density at radius 1 is 1.47 bits per heavy atom. The molecule has 0 radical (unpaired) electrons. The Morgan fingerprint density at radius 2 is 2.16 bits per heavy atom. The fourth-order valence-corrected chi connectivity index (χ4v) is 2.52. The van der Waals surface area contributed by atoms with E-state index in [1.54, 1.807) is 6.07 Å². The molecule has 1 saturated heterocycles. The molecule has 1 fully saturated rings. The van der Waals surface area contributed by atoms with Crippen LogP contribution in [0.5, 0.6) is 0 Å². The van der Waals surface area contributed by atoms with Gasteiger partial charge in [-0.2, -0.15) is 0 Å². The summed E-state index contributed by atoms with van der Waals surface area (Å²) < 4.78 is 18.0. The van der Waals surface area contributed by atoms with Gasteiger partial charge < -0.3 is 10.1 Å². The molecule has 1 N–H and O–H groups in total. The van der Waals surface area contributed by atoms with Crippen molar-refractivity contribution in [3.8, 4) is 0 Å². The van der Waals surface area contributed by atoms with Gasteiger partial charge in [-0.05, 0) is 17.7 Å². The van der Waals surface area contributed by atoms with E-state index < -0.39 is 11.9 Å². The zero-order chi connectivity index (χ0) is 13.8. The van der Waals surface area contributed by atoms with Gasteiger partial charge in [0.1, 0.15) is 11.9 Å². The van der Waals surface area contributed by atoms with Crippen LogP contribution in [0.25, 0.3) is 0 Å². The van der Waals surface area contributed by atoms with Crippen molar-refractivity contribution >= 4 is 17.6 Å². The summed E-state index contributed by atoms with van der Waals surface area (Å²) in [5.74, 6) is -0.798. The van der Waals surface area contributed by atoms with Gasteiger partial charge in [-0.1, -0.05) is 17.7 Å². The molecular weight excluding hydrogens is 271 g/mol. The minimum atomic E-state index is -0.583. The van der Waals surface area contributed by atoms with Crippen molar-refractivity contribution in [2.24, 2.45) is 0 Å². The Hall–Kier alpha value is -1.17. The molecule has 0 saturated carbocycles. The summed E-state index contributed by atoms with van der Waals surface area (Å²) in [6.45, 7) is 3.03. The van der Waals surface area contributed by atoms with Gasteiger partial charge in [-0.3, -0.25) is 4.90 Å². The molecule has 104 valence electrons. The van der Waals surface area contributed by atoms with Gasteiger partial charge in [-0.25, -0.2) is 9.18 Å². The minimum absolute atomic E-state index is 0.244. The van der Waals surface area contributed by atoms with Gasteiger partial charge in [-0.15, -0.1) is 0 Å². The van der Waals surface area contributed by atoms with Gasteiger partial charge in [0.25, 0.3) is 0 Å². The van der Waals surface area contributed by atoms with Gasteiger partial charge >= 0.3 is 5.97 Å². The van der Waals surface area contributed by atoms with Crippen LogP contribution < -0.4 is 5.32 Å². The fraction of sp³-hybridized carbons (Fsp3) is 0.462. The number of benzene rings is 1. The maximum absolute atomic E-state index is 13.1. The highest BCUT2D eigenvalue weighted by Gasteiger charge is 2.31. The van der Waals surface area contributed by atoms with Crippen LogP contribution in [0.3, 0.4) is 0 Å². The predicted octanol–water partition coefficient (Wildman–Crippen LogP) is 1.60. The molecule has 2 rings (SSSR count). The lowest BCUT2D eigenvalue weighted by molar-refractivity contribution is -0.147. The first-order valence-electron chi connectivity index (χ1n) is 6.11. The quantitative estimate of drug-likeness (QED) is 0.857. The molecule has 0 aromatic heterocycles. The Bertz CT molecular complexity index is 464. The topological polar surface area (TPSA) is 41.6 Å². The molecule has 1 aromatic carbocycles. The first-order valence-corrected chi connectivity index (χ1v) is 6.49. The molecular formula is C13H16ClFN2O2. The molecule has 0 spiro atoms. The zero-order valence-electron chi connectivity index (χ0n) is 10.7. The average Bonchev–Trinajstić information content (AvgIpc) is 2.42. The van der Waals surface area contributed by atoms with Gasteiger partial charge in [0.15, 0.2) is 0 Å². The molecule has 1 atom stereocenters. The summed E-state index contributed by atoms with van der Waals surface area (Å²) >= 11 is 6.05. The molecule has 1 aromatic rings. The lowest BCUT2D eigenvalue weighted by Crippen LogP contribution is -2.47. The van der Waals surface area contributed by atoms with Crippen molar-refractivity contribution in [1.82, 2.24) is 10.2 Å². The van der Waals surface area contributed by atoms with Crippen LogP contribution in [0.15, 0.2) is 18.2 Å². The normalized spacial score (nSPS) is 18.1. The van der Waals surface area contributed by atoms with Crippen molar-refractivity contribution < 1.29 is 13.9 Å². The van der Waals surface area contributed by atoms with E-state index in [4.69, 9.17) is 16.3 Å². The number of methoxy groups -OCH3 is 1. The molecule has 6 heteroatoms. The van der Waals surface area contributed by atoms with Crippen molar-refractivity contribution in [3.05, 3.63) is 34.6 Å². The van der Waals surface area contributed by atoms with Crippen LogP contribution in [0, 0.1) is 5.82 Å². The third-order valence-corrected chi connectivity index (χ3v) is 3.53. The number of nitrogens with zero attached hydrogens (tertiary/aromatic N) is 1. The van der Waals surface area contributed by atoms with Crippen LogP contribution in [-0.4, -0.2) is 44.2 Å². The van der Waals surface area contributed by atoms with Crippen molar-refractivity contribution in [1.29, 1.82) is 0 Å². The van der Waals surface area contributed by atoms with E-state index in [9.17, 15) is 9.18 Å². The number of esters is 1. The molecule has 4 nitrogen and oxygen atoms in total. The smallest absolute Gasteiger partial charge is 0.327 e. The second kappa shape index (κ2) is 6.32. The Labute approximate surface area is 116 Å². The van der Waals surface area contributed by atoms with Crippen molar-refractivity contribution in [2.45, 2.75) is 6.04 Å². The van der Waals surface area contributed by atoms with E-state index in [0.29, 0.717) is 18.7 Å². The monoisotopic (exact) mass is 286 g/mol. The number of nitrogens with one attached hydrogen (secondary N) is 1. The molecule has 1 heterocycles. The van der Waals surface area contributed by atoms with Crippen molar-refractivity contribution in [3.63, 3.8) is 0 Å². The summed E-state index contributed by atoms with van der Waals surface area (Å²) in [6, 6.07) is 3.48. The zero-order valence-corrected chi connectivity index (χ0v) is 11.4. The number of carbonyl (C=O) groups is 1. The molecule has 1 unspecified atom stereocenters. The highest BCUT2D eigenvalue weighted by Crippen LogP contribution is 2.29. The molecule has 1 aliphatic heterocycles. The number of carbonyl (C=O) groups excluding carboxylic acids is 1. The number of ether oxygens (including phenoxy) is 1. The lowest BCUT2D eigenvalue weighted by Gasteiger charge is -2.33. The Morgan fingerprint density at radius 3 is 2.74 bits per heavy atom. The minimum Gasteiger partial charge on any atom is -0.468 e. The Balaban J connectivity index is 2.33. The first kappa shape index (κ1) is 14.2. The van der Waals surface area contributed by atoms with Crippen molar-refractivity contribution in [2.75, 3.05) is 33.3 Å². The van der Waals surface area contributed by atoms with E-state index in [2.05, 4.69) is 5.32 Å². The van der Waals surface area contributed by atoms with Crippen LogP contribution in [0.4, 0.5) is 4.39 Å². The van der Waals surface area contributed by atoms with E-state index in [1.807, 2.05) is 4.90 Å². The summed E-state index contributed by atoms with van der Waals surface area (Å²) in [5, 5.41) is 3.46. The van der Waals surface area contributed by atoms with Gasteiger partial charge in [0, 0.05) is 31.2 Å². The summed E-state index contributed by atoms with van der Waals surface area (Å²) in [6.07, 6.45) is 0. The van der Waals surface area contributed by atoms with E-state index in [1.165, 1.54) is 19.2 Å². The number of piperazine rings is 1. The van der Waals surface area contributed by atoms with E-state index >= 15 is 0 Å². The third kappa shape index (κ3) is 3.23. The molecule has 0 amide bonds. The molecule has 19 heavy (non-hydrogen) atoms. The van der Waals surface area contributed by atoms with Crippen LogP contribution in [0.2, 0.25) is 5.02 Å². The predicted molar refractivity (Wildman–Crippen MR) is 70.6 cm³/mol. The fourth-order valence-electron chi connectivity index (χ4n) is 2.25. The summed E-state index contributed by atoms with van der Waals surface area (Å²) in [4.78, 5) is 14.0. The maximum Gasteiger partial charge on any atom is 0.327 e. The second-order valence-electron chi connectivity index (χ2n) is 4.38. The number of rotatable bonds is 3. The summed E-state index contributed by atoms with van der Waals surface area (Å²) in [7, 11) is 1.34. The standard InChI is InChI=1S/C13H16ClFN2O2/c1-19-13(18)12(17-6-4-16-5-7-17)10-3-2-9(15)8-11(10)14/h2-3,8,12,16H,4-7H2,1H3. The molecule has 1 aliphatic rings. The van der Waals surface area contributed by atoms with E-state index in [0.717, 1.165) is 13.1 Å². The molecule has 0 bridgehead atoms. The lowest BCUT2D eigenvalue weighted by atomic mass is 10.0. The van der Waals surface area contributed by atoms with Crippen LogP contribution in [0.1, 0.15) is 11.6 Å². The van der Waals surface area contributed by atoms with E-state index in [-0.39, 0.29) is 11.0 Å². The van der Waals surface area contributed by atoms with Crippen LogP contribution in [-0.2, 0) is 9.53 Å². The largest absolute Gasteiger partial charge is 0.468 e. The first-order chi connectivity index (χ1) is 9.13. The third-order valence-electron chi connectivity index (χ3n) is 3.20. The number of halogens is 2. The Kier molecular flexibility index (Phi) is 4.74. The van der Waals surface area contributed by atoms with Crippen LogP contribution >= 0.6 is 11.6 Å². The van der Waals surface area contributed by atoms with Gasteiger partial charge in [0.05, 0.1) is 7.11 Å². The SMILES string of the molecule is COC(=O)C(c1ccc(F)cc1Cl)N1CCNCC1. The average molecular weight is 287 g/mol. The summed E-state index contributed by atoms with van der Waals surface area (Å²) in [5.41, 5.74) is 0.580. The number of hydrogen-bond acceptors (Lipinski definition) is 4. The highest BCUT2D eigenvalue weighted by molar-refractivity contribution is 6.31. The second-order valence-corrected chi connectivity index (χ2v) is 4.78. The highest BCUT2D eigenvalue weighted by atomic mass is 35.5. The maximum atomic E-state index is 13.1. The van der Waals surface area contributed by atoms with Gasteiger partial charge in [0.2, 0.25) is 0 Å².